The van der Waals surface area contributed by atoms with E-state index in [9.17, 15) is 9.59 Å². The number of para-hydroxylation sites is 1. The molecule has 0 aliphatic carbocycles. The molecule has 5 nitrogen and oxygen atoms in total. The van der Waals surface area contributed by atoms with Gasteiger partial charge in [-0.25, -0.2) is 0 Å². The number of hydrogen-bond acceptors (Lipinski definition) is 4. The first-order valence-corrected chi connectivity index (χ1v) is 10.2. The van der Waals surface area contributed by atoms with Crippen LogP contribution in [0.4, 0.5) is 17.1 Å². The molecule has 3 aromatic rings. The molecule has 0 aromatic heterocycles. The fourth-order valence-corrected chi connectivity index (χ4v) is 3.64. The zero-order valence-corrected chi connectivity index (χ0v) is 17.2. The summed E-state index contributed by atoms with van der Waals surface area (Å²) >= 11 is 1.36. The Labute approximate surface area is 175 Å². The largest absolute Gasteiger partial charge is 0.355 e. The molecule has 0 saturated heterocycles. The van der Waals surface area contributed by atoms with Gasteiger partial charge in [0.15, 0.2) is 0 Å². The highest BCUT2D eigenvalue weighted by Gasteiger charge is 2.14. The predicted molar refractivity (Wildman–Crippen MR) is 120 cm³/mol. The molecule has 0 saturated carbocycles. The number of anilines is 3. The topological polar surface area (TPSA) is 61.4 Å². The Morgan fingerprint density at radius 3 is 2.24 bits per heavy atom. The normalized spacial score (nSPS) is 10.3. The van der Waals surface area contributed by atoms with Crippen molar-refractivity contribution in [1.82, 2.24) is 4.90 Å². The second-order valence-corrected chi connectivity index (χ2v) is 7.62. The number of carbonyl (C=O) groups excluding carboxylic acids is 2. The fourth-order valence-electron chi connectivity index (χ4n) is 2.61. The molecule has 0 bridgehead atoms. The third kappa shape index (κ3) is 5.86. The molecule has 0 heterocycles. The minimum Gasteiger partial charge on any atom is -0.355 e. The highest BCUT2D eigenvalue weighted by Crippen LogP contribution is 2.25. The van der Waals surface area contributed by atoms with Crippen LogP contribution in [0.1, 0.15) is 10.4 Å². The van der Waals surface area contributed by atoms with Gasteiger partial charge in [-0.3, -0.25) is 9.59 Å². The van der Waals surface area contributed by atoms with Crippen LogP contribution in [0.5, 0.6) is 0 Å². The van der Waals surface area contributed by atoms with Gasteiger partial charge in [0.05, 0.1) is 11.3 Å². The van der Waals surface area contributed by atoms with E-state index in [1.807, 2.05) is 72.8 Å². The maximum atomic E-state index is 12.8. The van der Waals surface area contributed by atoms with E-state index in [0.29, 0.717) is 11.3 Å². The highest BCUT2D eigenvalue weighted by molar-refractivity contribution is 8.00. The number of hydrogen-bond donors (Lipinski definition) is 2. The van der Waals surface area contributed by atoms with Crippen LogP contribution in [0.2, 0.25) is 0 Å². The lowest BCUT2D eigenvalue weighted by Crippen LogP contribution is -2.23. The molecule has 0 atom stereocenters. The Balaban J connectivity index is 1.70. The molecule has 0 spiro atoms. The van der Waals surface area contributed by atoms with Crippen LogP contribution >= 0.6 is 11.8 Å². The average molecular weight is 406 g/mol. The van der Waals surface area contributed by atoms with Crippen LogP contribution in [0.25, 0.3) is 0 Å². The molecular formula is C23H23N3O2S. The summed E-state index contributed by atoms with van der Waals surface area (Å²) in [6, 6.07) is 24.7. The quantitative estimate of drug-likeness (QED) is 0.551. The van der Waals surface area contributed by atoms with Gasteiger partial charge in [0.1, 0.15) is 0 Å². The molecule has 0 aliphatic rings. The van der Waals surface area contributed by atoms with E-state index in [4.69, 9.17) is 0 Å². The number of rotatable bonds is 7. The second kappa shape index (κ2) is 9.80. The summed E-state index contributed by atoms with van der Waals surface area (Å²) in [5, 5.41) is 6.26. The highest BCUT2D eigenvalue weighted by atomic mass is 32.2. The lowest BCUT2D eigenvalue weighted by molar-refractivity contribution is -0.125. The van der Waals surface area contributed by atoms with Crippen molar-refractivity contribution in [2.45, 2.75) is 4.90 Å². The van der Waals surface area contributed by atoms with Crippen LogP contribution in [0.3, 0.4) is 0 Å². The van der Waals surface area contributed by atoms with Gasteiger partial charge in [0.2, 0.25) is 5.91 Å². The first-order chi connectivity index (χ1) is 14.0. The van der Waals surface area contributed by atoms with Gasteiger partial charge in [-0.2, -0.15) is 0 Å². The number of nitrogens with zero attached hydrogens (tertiary/aromatic N) is 1. The minimum atomic E-state index is -0.206. The number of thioether (sulfide) groups is 1. The number of amides is 2. The number of benzene rings is 3. The summed E-state index contributed by atoms with van der Waals surface area (Å²) < 4.78 is 0. The smallest absolute Gasteiger partial charge is 0.256 e. The van der Waals surface area contributed by atoms with E-state index >= 15 is 0 Å². The maximum Gasteiger partial charge on any atom is 0.256 e. The Kier molecular flexibility index (Phi) is 6.92. The Hall–Kier alpha value is -3.25. The molecular weight excluding hydrogens is 382 g/mol. The van der Waals surface area contributed by atoms with E-state index in [0.717, 1.165) is 16.3 Å². The van der Waals surface area contributed by atoms with Crippen molar-refractivity contribution in [3.63, 3.8) is 0 Å². The SMILES string of the molecule is CN(C)C(=O)CSc1ccccc1C(=O)Nc1cccc(Nc2ccccc2)c1. The summed E-state index contributed by atoms with van der Waals surface area (Å²) in [5.41, 5.74) is 3.10. The third-order valence-electron chi connectivity index (χ3n) is 4.16. The lowest BCUT2D eigenvalue weighted by Gasteiger charge is -2.13. The molecule has 2 N–H and O–H groups in total. The van der Waals surface area contributed by atoms with Gasteiger partial charge in [-0.15, -0.1) is 11.8 Å². The van der Waals surface area contributed by atoms with Crippen LogP contribution in [0.15, 0.2) is 83.8 Å². The molecule has 2 amide bonds. The first kappa shape index (κ1) is 20.5. The van der Waals surface area contributed by atoms with Gasteiger partial charge in [0, 0.05) is 36.1 Å². The van der Waals surface area contributed by atoms with Crippen LogP contribution in [-0.4, -0.2) is 36.6 Å². The van der Waals surface area contributed by atoms with Crippen molar-refractivity contribution >= 4 is 40.6 Å². The number of carbonyl (C=O) groups is 2. The average Bonchev–Trinajstić information content (AvgIpc) is 2.73. The number of nitrogens with one attached hydrogen (secondary N) is 2. The summed E-state index contributed by atoms with van der Waals surface area (Å²) in [6.07, 6.45) is 0. The Bertz CT molecular complexity index is 990. The second-order valence-electron chi connectivity index (χ2n) is 6.60. The van der Waals surface area contributed by atoms with Crippen molar-refractivity contribution < 1.29 is 9.59 Å². The van der Waals surface area contributed by atoms with Gasteiger partial charge in [-0.05, 0) is 42.5 Å². The van der Waals surface area contributed by atoms with E-state index in [-0.39, 0.29) is 17.6 Å². The Morgan fingerprint density at radius 2 is 1.48 bits per heavy atom. The molecule has 29 heavy (non-hydrogen) atoms. The van der Waals surface area contributed by atoms with Crippen molar-refractivity contribution in [3.8, 4) is 0 Å². The molecule has 0 fully saturated rings. The monoisotopic (exact) mass is 405 g/mol. The van der Waals surface area contributed by atoms with Gasteiger partial charge >= 0.3 is 0 Å². The zero-order valence-electron chi connectivity index (χ0n) is 16.4. The molecule has 6 heteroatoms. The van der Waals surface area contributed by atoms with E-state index in [1.165, 1.54) is 11.8 Å². The van der Waals surface area contributed by atoms with Crippen LogP contribution < -0.4 is 10.6 Å². The summed E-state index contributed by atoms with van der Waals surface area (Å²) in [6.45, 7) is 0. The third-order valence-corrected chi connectivity index (χ3v) is 5.22. The first-order valence-electron chi connectivity index (χ1n) is 9.18. The van der Waals surface area contributed by atoms with E-state index in [1.54, 1.807) is 25.1 Å². The summed E-state index contributed by atoms with van der Waals surface area (Å²) in [5.74, 6) is 0.0838. The van der Waals surface area contributed by atoms with Crippen LogP contribution in [0, 0.1) is 0 Å². The fraction of sp³-hybridized carbons (Fsp3) is 0.130. The molecule has 0 aliphatic heterocycles. The molecule has 0 radical (unpaired) electrons. The predicted octanol–water partition coefficient (Wildman–Crippen LogP) is 4.86. The molecule has 148 valence electrons. The van der Waals surface area contributed by atoms with Crippen molar-refractivity contribution in [2.75, 3.05) is 30.5 Å². The lowest BCUT2D eigenvalue weighted by atomic mass is 10.2. The van der Waals surface area contributed by atoms with Crippen molar-refractivity contribution in [1.29, 1.82) is 0 Å². The van der Waals surface area contributed by atoms with Crippen molar-refractivity contribution in [3.05, 3.63) is 84.4 Å². The standard InChI is InChI=1S/C23H23N3O2S/c1-26(2)22(27)16-29-21-14-7-6-13-20(21)23(28)25-19-12-8-11-18(15-19)24-17-9-4-3-5-10-17/h3-15,24H,16H2,1-2H3,(H,25,28). The molecule has 3 rings (SSSR count). The zero-order chi connectivity index (χ0) is 20.6. The summed E-state index contributed by atoms with van der Waals surface area (Å²) in [4.78, 5) is 27.0. The molecule has 3 aromatic carbocycles. The molecule has 0 unspecified atom stereocenters. The van der Waals surface area contributed by atoms with Crippen LogP contribution in [-0.2, 0) is 4.79 Å². The van der Waals surface area contributed by atoms with Crippen molar-refractivity contribution in [2.24, 2.45) is 0 Å². The minimum absolute atomic E-state index is 0.00454. The van der Waals surface area contributed by atoms with Gasteiger partial charge in [-0.1, -0.05) is 36.4 Å². The van der Waals surface area contributed by atoms with E-state index in [2.05, 4.69) is 10.6 Å². The summed E-state index contributed by atoms with van der Waals surface area (Å²) in [7, 11) is 3.44. The Morgan fingerprint density at radius 1 is 0.828 bits per heavy atom. The maximum absolute atomic E-state index is 12.8. The van der Waals surface area contributed by atoms with Gasteiger partial charge in [0.25, 0.3) is 5.91 Å². The van der Waals surface area contributed by atoms with Gasteiger partial charge < -0.3 is 15.5 Å². The van der Waals surface area contributed by atoms with E-state index < -0.39 is 0 Å².